The van der Waals surface area contributed by atoms with Crippen LogP contribution >= 0.6 is 0 Å². The minimum atomic E-state index is -0.645. The van der Waals surface area contributed by atoms with Gasteiger partial charge in [-0.25, -0.2) is 4.79 Å². The van der Waals surface area contributed by atoms with E-state index in [1.807, 2.05) is 0 Å². The number of ether oxygens (including phenoxy) is 10. The quantitative estimate of drug-likeness (QED) is 0.0306. The Morgan fingerprint density at radius 1 is 0.453 bits per heavy atom. The third-order valence-corrected chi connectivity index (χ3v) is 11.9. The minimum Gasteiger partial charge on any atom is -0.379 e. The normalized spacial score (nSPS) is 14.4. The Labute approximate surface area is 501 Å². The van der Waals surface area contributed by atoms with Crippen LogP contribution in [0.15, 0.2) is 36.5 Å². The highest BCUT2D eigenvalue weighted by atomic mass is 16.7. The lowest BCUT2D eigenvalue weighted by atomic mass is 10.3. The van der Waals surface area contributed by atoms with Crippen molar-refractivity contribution < 1.29 is 110 Å². The van der Waals surface area contributed by atoms with E-state index < -0.39 is 24.1 Å². The van der Waals surface area contributed by atoms with Crippen LogP contribution in [0.5, 0.6) is 0 Å². The molecule has 30 heteroatoms. The smallest absolute Gasteiger partial charge is 0.333 e. The maximum absolute atomic E-state index is 11.6. The van der Waals surface area contributed by atoms with Crippen LogP contribution < -0.4 is 16.4 Å². The molecule has 30 nitrogen and oxygen atoms in total. The first-order chi connectivity index (χ1) is 41.6. The molecule has 0 aromatic heterocycles. The molecule has 4 heterocycles. The number of rotatable bonds is 46. The highest BCUT2D eigenvalue weighted by molar-refractivity contribution is 6.14. The van der Waals surface area contributed by atoms with Gasteiger partial charge in [-0.2, -0.15) is 0 Å². The molecule has 10 amide bonds. The number of unbranched alkanes of at least 4 members (excludes halogenated alkanes) is 3. The molecule has 0 saturated carbocycles. The molecular formula is C56H89N7O23. The molecule has 4 N–H and O–H groups in total. The highest BCUT2D eigenvalue weighted by Crippen LogP contribution is 2.13. The summed E-state index contributed by atoms with van der Waals surface area (Å²) in [5.74, 6) is -3.43. The molecule has 0 unspecified atom stereocenters. The van der Waals surface area contributed by atoms with Crippen molar-refractivity contribution in [3.05, 3.63) is 36.5 Å². The number of imide groups is 4. The second-order valence-corrected chi connectivity index (χ2v) is 18.4. The molecule has 1 fully saturated rings. The van der Waals surface area contributed by atoms with Gasteiger partial charge in [-0.1, -0.05) is 0 Å². The van der Waals surface area contributed by atoms with Crippen LogP contribution in [0.1, 0.15) is 89.9 Å². The Hall–Kier alpha value is -6.58. The van der Waals surface area contributed by atoms with Gasteiger partial charge in [0, 0.05) is 156 Å². The molecule has 4 aliphatic rings. The van der Waals surface area contributed by atoms with E-state index in [0.717, 1.165) is 19.3 Å². The summed E-state index contributed by atoms with van der Waals surface area (Å²) in [6.45, 7) is 7.45. The van der Waals surface area contributed by atoms with Crippen molar-refractivity contribution in [1.82, 2.24) is 30.4 Å². The number of nitrogens with zero attached hydrogens (tertiary/aromatic N) is 4. The fourth-order valence-electron chi connectivity index (χ4n) is 7.22. The van der Waals surface area contributed by atoms with Crippen molar-refractivity contribution >= 4 is 71.3 Å². The van der Waals surface area contributed by atoms with E-state index in [1.165, 1.54) is 65.4 Å². The fraction of sp³-hybridized carbons (Fsp3) is 0.679. The van der Waals surface area contributed by atoms with Gasteiger partial charge in [0.1, 0.15) is 6.29 Å². The van der Waals surface area contributed by atoms with Crippen LogP contribution in [0.2, 0.25) is 0 Å². The number of methoxy groups -OCH3 is 4. The Balaban J connectivity index is 0.000000611. The molecule has 0 atom stereocenters. The summed E-state index contributed by atoms with van der Waals surface area (Å²) in [5, 5.41) is 5.71. The molecule has 0 spiro atoms. The number of hydrogen-bond donors (Lipinski definition) is 3. The van der Waals surface area contributed by atoms with Crippen LogP contribution in [0.25, 0.3) is 0 Å². The van der Waals surface area contributed by atoms with Gasteiger partial charge < -0.3 is 73.4 Å². The second-order valence-electron chi connectivity index (χ2n) is 18.4. The van der Waals surface area contributed by atoms with Gasteiger partial charge >= 0.3 is 5.97 Å². The molecule has 0 aliphatic carbocycles. The first-order valence-electron chi connectivity index (χ1n) is 28.5. The zero-order valence-electron chi connectivity index (χ0n) is 50.1. The third kappa shape index (κ3) is 37.1. The van der Waals surface area contributed by atoms with Crippen LogP contribution in [0, 0.1) is 0 Å². The van der Waals surface area contributed by atoms with Gasteiger partial charge in [-0.3, -0.25) is 62.6 Å². The number of carbonyl (C=O) groups is 12. The van der Waals surface area contributed by atoms with Gasteiger partial charge in [0.2, 0.25) is 11.8 Å². The van der Waals surface area contributed by atoms with Gasteiger partial charge in [0.25, 0.3) is 47.3 Å². The maximum atomic E-state index is 11.6. The predicted molar refractivity (Wildman–Crippen MR) is 302 cm³/mol. The van der Waals surface area contributed by atoms with Crippen molar-refractivity contribution in [1.29, 1.82) is 0 Å². The second kappa shape index (κ2) is 50.6. The summed E-state index contributed by atoms with van der Waals surface area (Å²) < 4.78 is 51.6. The van der Waals surface area contributed by atoms with Crippen molar-refractivity contribution in [2.75, 3.05) is 147 Å². The average Bonchev–Trinajstić information content (AvgIpc) is 4.38. The molecule has 4 rings (SSSR count). The standard InChI is InChI=1S/C18H24N2O8.C18H30N2O7.C16H24N2O6.C4H11NO2/c21-14-5-6-15(22)19(14)9-1-2-10-26-12-13-27-11-3-4-18(25)28-20-16(23)7-8-17(20)24;1-24-18(25-2)14-19-15(21)6-5-11-27-13-12-26-10-4-3-9-20-16(22)7-8-17(20)23;19-9-7-17-14(20)4-3-11-24-13-12-23-10-2-1-8-18-15(21)5-6-16(18)22;1-6-4(3-5)7-2/h5-6H,1-4,7-13H2;7-8,18H,3-6,9-14H2,1-2H3,(H,19,21);5-6,9H,1-4,7-8,10-13H2,(H,17,20);4H,3,5H2,1-2H3. The van der Waals surface area contributed by atoms with Crippen LogP contribution in [0.3, 0.4) is 0 Å². The van der Waals surface area contributed by atoms with Gasteiger partial charge in [-0.05, 0) is 57.8 Å². The summed E-state index contributed by atoms with van der Waals surface area (Å²) in [6.07, 6.45) is 14.5. The molecular weight excluding hydrogens is 1140 g/mol. The van der Waals surface area contributed by atoms with Crippen molar-refractivity contribution in [2.45, 2.75) is 102 Å². The number of nitrogens with one attached hydrogen (secondary N) is 2. The van der Waals surface area contributed by atoms with E-state index in [-0.39, 0.29) is 79.4 Å². The monoisotopic (exact) mass is 1230 g/mol. The Morgan fingerprint density at radius 3 is 1.07 bits per heavy atom. The average molecular weight is 1230 g/mol. The van der Waals surface area contributed by atoms with E-state index in [9.17, 15) is 57.5 Å². The molecule has 86 heavy (non-hydrogen) atoms. The van der Waals surface area contributed by atoms with Crippen LogP contribution in [0.4, 0.5) is 0 Å². The summed E-state index contributed by atoms with van der Waals surface area (Å²) in [7, 11) is 6.15. The summed E-state index contributed by atoms with van der Waals surface area (Å²) in [5.41, 5.74) is 5.14. The molecule has 0 aromatic carbocycles. The fourth-order valence-corrected chi connectivity index (χ4v) is 7.22. The summed E-state index contributed by atoms with van der Waals surface area (Å²) in [4.78, 5) is 143. The number of carbonyl (C=O) groups excluding carboxylic acids is 12. The van der Waals surface area contributed by atoms with E-state index >= 15 is 0 Å². The highest BCUT2D eigenvalue weighted by Gasteiger charge is 2.33. The number of amides is 10. The van der Waals surface area contributed by atoms with E-state index in [2.05, 4.69) is 10.6 Å². The SMILES string of the molecule is COC(CN)OC.COC(CNC(=O)CCCOCCOCCCCN1C(=O)C=CC1=O)OC.O=C(CCCOCCOCCCCN1C(=O)C=CC1=O)ON1C(=O)CCC1=O.O=CCNC(=O)CCCOCCOCCCCN1C(=O)C=CC1=O. The molecule has 4 aliphatic heterocycles. The van der Waals surface area contributed by atoms with Crippen LogP contribution in [-0.2, 0) is 110 Å². The summed E-state index contributed by atoms with van der Waals surface area (Å²) >= 11 is 0. The van der Waals surface area contributed by atoms with Crippen molar-refractivity contribution in [2.24, 2.45) is 5.73 Å². The number of hydrogen-bond acceptors (Lipinski definition) is 24. The predicted octanol–water partition coefficient (Wildman–Crippen LogP) is -0.264. The maximum Gasteiger partial charge on any atom is 0.333 e. The Bertz CT molecular complexity index is 2080. The zero-order valence-corrected chi connectivity index (χ0v) is 50.1. The Morgan fingerprint density at radius 2 is 0.767 bits per heavy atom. The van der Waals surface area contributed by atoms with Crippen molar-refractivity contribution in [3.8, 4) is 0 Å². The van der Waals surface area contributed by atoms with E-state index in [0.29, 0.717) is 175 Å². The lowest BCUT2D eigenvalue weighted by Gasteiger charge is -2.14. The molecule has 1 saturated heterocycles. The summed E-state index contributed by atoms with van der Waals surface area (Å²) in [6, 6.07) is 0. The first kappa shape index (κ1) is 77.4. The Kier molecular flexibility index (Phi) is 45.5. The third-order valence-electron chi connectivity index (χ3n) is 11.9. The van der Waals surface area contributed by atoms with Crippen molar-refractivity contribution in [3.63, 3.8) is 0 Å². The number of nitrogens with two attached hydrogens (primary N) is 1. The largest absolute Gasteiger partial charge is 0.379 e. The zero-order chi connectivity index (χ0) is 63.6. The molecule has 486 valence electrons. The number of aldehydes is 1. The first-order valence-corrected chi connectivity index (χ1v) is 28.5. The molecule has 0 radical (unpaired) electrons. The van der Waals surface area contributed by atoms with Crippen LogP contribution in [-0.4, -0.2) is 251 Å². The lowest BCUT2D eigenvalue weighted by molar-refractivity contribution is -0.197. The minimum absolute atomic E-state index is 0.0424. The number of hydroxylamine groups is 2. The molecule has 0 aromatic rings. The van der Waals surface area contributed by atoms with E-state index in [1.54, 1.807) is 14.2 Å². The van der Waals surface area contributed by atoms with Gasteiger partial charge in [0.05, 0.1) is 59.2 Å². The lowest BCUT2D eigenvalue weighted by Crippen LogP contribution is -2.34. The molecule has 0 bridgehead atoms. The van der Waals surface area contributed by atoms with E-state index in [4.69, 9.17) is 57.9 Å². The van der Waals surface area contributed by atoms with Gasteiger partial charge in [-0.15, -0.1) is 5.06 Å². The topological polar surface area (TPSA) is 369 Å². The van der Waals surface area contributed by atoms with Gasteiger partial charge in [0.15, 0.2) is 12.6 Å².